The van der Waals surface area contributed by atoms with E-state index in [4.69, 9.17) is 5.21 Å². The molecule has 0 heterocycles. The van der Waals surface area contributed by atoms with Crippen LogP contribution in [0.5, 0.6) is 0 Å². The van der Waals surface area contributed by atoms with Gasteiger partial charge in [-0.15, -0.1) is 0 Å². The van der Waals surface area contributed by atoms with E-state index in [9.17, 15) is 0 Å². The van der Waals surface area contributed by atoms with Crippen LogP contribution < -0.4 is 5.48 Å². The molecule has 0 aromatic rings. The van der Waals surface area contributed by atoms with Crippen LogP contribution in [0.2, 0.25) is 0 Å². The highest BCUT2D eigenvalue weighted by molar-refractivity contribution is 4.49. The normalized spacial score (nSPS) is 11.1. The first kappa shape index (κ1) is 18.9. The average Bonchev–Trinajstić information content (AvgIpc) is 2.43. The van der Waals surface area contributed by atoms with Gasteiger partial charge in [-0.3, -0.25) is 0 Å². The van der Waals surface area contributed by atoms with Gasteiger partial charge in [-0.2, -0.15) is 0 Å². The molecule has 0 aromatic heterocycles. The minimum Gasteiger partial charge on any atom is -0.317 e. The molecule has 0 radical (unpaired) electrons. The summed E-state index contributed by atoms with van der Waals surface area (Å²) in [4.78, 5) is 0. The van der Waals surface area contributed by atoms with Crippen molar-refractivity contribution in [2.45, 2.75) is 103 Å². The fourth-order valence-corrected chi connectivity index (χ4v) is 2.58. The summed E-state index contributed by atoms with van der Waals surface area (Å²) in [6, 6.07) is 0. The summed E-state index contributed by atoms with van der Waals surface area (Å²) in [7, 11) is 0. The number of rotatable bonds is 16. The van der Waals surface area contributed by atoms with Gasteiger partial charge >= 0.3 is 0 Å². The smallest absolute Gasteiger partial charge is 0.0207 e. The van der Waals surface area contributed by atoms with Crippen molar-refractivity contribution >= 4 is 0 Å². The molecule has 2 nitrogen and oxygen atoms in total. The molecule has 0 saturated carbocycles. The number of nitrogens with one attached hydrogen (secondary N) is 1. The lowest BCUT2D eigenvalue weighted by atomic mass is 10.0. The van der Waals surface area contributed by atoms with Crippen LogP contribution in [0.25, 0.3) is 0 Å². The van der Waals surface area contributed by atoms with E-state index in [0.29, 0.717) is 0 Å². The van der Waals surface area contributed by atoms with Gasteiger partial charge in [0, 0.05) is 6.54 Å². The summed E-state index contributed by atoms with van der Waals surface area (Å²) >= 11 is 0. The van der Waals surface area contributed by atoms with Crippen molar-refractivity contribution in [3.05, 3.63) is 0 Å². The lowest BCUT2D eigenvalue weighted by Gasteiger charge is -2.03. The van der Waals surface area contributed by atoms with Gasteiger partial charge in [0.2, 0.25) is 0 Å². The van der Waals surface area contributed by atoms with Gasteiger partial charge in [-0.1, -0.05) is 96.8 Å². The molecule has 0 saturated heterocycles. The van der Waals surface area contributed by atoms with Crippen molar-refractivity contribution in [2.75, 3.05) is 6.54 Å². The van der Waals surface area contributed by atoms with Gasteiger partial charge in [-0.05, 0) is 6.42 Å². The molecule has 116 valence electrons. The first-order valence-electron chi connectivity index (χ1n) is 8.78. The summed E-state index contributed by atoms with van der Waals surface area (Å²) in [5.41, 5.74) is 2.21. The largest absolute Gasteiger partial charge is 0.317 e. The Labute approximate surface area is 121 Å². The maximum atomic E-state index is 8.42. The molecular formula is C17H37NO. The third-order valence-corrected chi connectivity index (χ3v) is 3.89. The van der Waals surface area contributed by atoms with Crippen LogP contribution in [0.3, 0.4) is 0 Å². The van der Waals surface area contributed by atoms with Crippen molar-refractivity contribution in [1.82, 2.24) is 5.48 Å². The van der Waals surface area contributed by atoms with Crippen LogP contribution in [0.1, 0.15) is 103 Å². The SMILES string of the molecule is CCCCCCCCCCCCCCCCCNO. The fourth-order valence-electron chi connectivity index (χ4n) is 2.58. The molecule has 0 atom stereocenters. The third-order valence-electron chi connectivity index (χ3n) is 3.89. The molecule has 0 spiro atoms. The van der Waals surface area contributed by atoms with Crippen molar-refractivity contribution in [3.63, 3.8) is 0 Å². The summed E-state index contributed by atoms with van der Waals surface area (Å²) in [5, 5.41) is 8.42. The van der Waals surface area contributed by atoms with E-state index in [1.165, 1.54) is 89.9 Å². The quantitative estimate of drug-likeness (QED) is 0.273. The molecular weight excluding hydrogens is 234 g/mol. The van der Waals surface area contributed by atoms with Crippen LogP contribution in [0, 0.1) is 0 Å². The summed E-state index contributed by atoms with van der Waals surface area (Å²) < 4.78 is 0. The van der Waals surface area contributed by atoms with Gasteiger partial charge < -0.3 is 5.21 Å². The molecule has 0 unspecified atom stereocenters. The molecule has 2 heteroatoms. The van der Waals surface area contributed by atoms with E-state index < -0.39 is 0 Å². The number of hydrogen-bond donors (Lipinski definition) is 2. The van der Waals surface area contributed by atoms with Gasteiger partial charge in [0.1, 0.15) is 0 Å². The zero-order valence-corrected chi connectivity index (χ0v) is 13.3. The highest BCUT2D eigenvalue weighted by Crippen LogP contribution is 2.13. The van der Waals surface area contributed by atoms with E-state index in [2.05, 4.69) is 12.4 Å². The first-order valence-corrected chi connectivity index (χ1v) is 8.78. The van der Waals surface area contributed by atoms with Crippen LogP contribution in [-0.2, 0) is 0 Å². The maximum Gasteiger partial charge on any atom is 0.0207 e. The Morgan fingerprint density at radius 3 is 1.16 bits per heavy atom. The van der Waals surface area contributed by atoms with Crippen LogP contribution >= 0.6 is 0 Å². The molecule has 0 bridgehead atoms. The Balaban J connectivity index is 2.88. The third kappa shape index (κ3) is 17.9. The molecule has 0 fully saturated rings. The average molecular weight is 271 g/mol. The van der Waals surface area contributed by atoms with Gasteiger partial charge in [-0.25, -0.2) is 5.48 Å². The Hall–Kier alpha value is -0.0800. The second-order valence-corrected chi connectivity index (χ2v) is 5.86. The molecule has 0 aliphatic carbocycles. The Kier molecular flexibility index (Phi) is 17.8. The minimum absolute atomic E-state index is 0.748. The van der Waals surface area contributed by atoms with E-state index >= 15 is 0 Å². The molecule has 2 N–H and O–H groups in total. The predicted molar refractivity (Wildman–Crippen MR) is 84.7 cm³/mol. The standard InChI is InChI=1S/C17H37NO/c1-2-3-4-5-6-7-8-9-10-11-12-13-14-15-16-17-18-19/h18-19H,2-17H2,1H3. The molecule has 0 rings (SSSR count). The van der Waals surface area contributed by atoms with Gasteiger partial charge in [0.15, 0.2) is 0 Å². The number of unbranched alkanes of at least 4 members (excludes halogenated alkanes) is 14. The zero-order chi connectivity index (χ0) is 14.0. The second-order valence-electron chi connectivity index (χ2n) is 5.86. The minimum atomic E-state index is 0.748. The van der Waals surface area contributed by atoms with Gasteiger partial charge in [0.05, 0.1) is 0 Å². The Bertz CT molecular complexity index is 134. The van der Waals surface area contributed by atoms with Crippen molar-refractivity contribution in [1.29, 1.82) is 0 Å². The Morgan fingerprint density at radius 1 is 0.526 bits per heavy atom. The summed E-state index contributed by atoms with van der Waals surface area (Å²) in [5.74, 6) is 0. The highest BCUT2D eigenvalue weighted by Gasteiger charge is 1.94. The highest BCUT2D eigenvalue weighted by atomic mass is 16.5. The molecule has 0 amide bonds. The van der Waals surface area contributed by atoms with Crippen LogP contribution in [0.4, 0.5) is 0 Å². The lowest BCUT2D eigenvalue weighted by Crippen LogP contribution is -2.07. The molecule has 0 aliphatic rings. The van der Waals surface area contributed by atoms with Crippen LogP contribution in [-0.4, -0.2) is 11.8 Å². The van der Waals surface area contributed by atoms with E-state index in [1.807, 2.05) is 0 Å². The topological polar surface area (TPSA) is 32.3 Å². The van der Waals surface area contributed by atoms with Crippen molar-refractivity contribution in [3.8, 4) is 0 Å². The van der Waals surface area contributed by atoms with Crippen LogP contribution in [0.15, 0.2) is 0 Å². The summed E-state index contributed by atoms with van der Waals surface area (Å²) in [6.07, 6.45) is 20.8. The monoisotopic (exact) mass is 271 g/mol. The number of hydroxylamine groups is 1. The van der Waals surface area contributed by atoms with Gasteiger partial charge in [0.25, 0.3) is 0 Å². The zero-order valence-electron chi connectivity index (χ0n) is 13.3. The lowest BCUT2D eigenvalue weighted by molar-refractivity contribution is 0.164. The predicted octanol–water partition coefficient (Wildman–Crippen LogP) is 5.84. The van der Waals surface area contributed by atoms with E-state index in [1.54, 1.807) is 0 Å². The van der Waals surface area contributed by atoms with E-state index in [0.717, 1.165) is 13.0 Å². The molecule has 0 aliphatic heterocycles. The second kappa shape index (κ2) is 17.9. The Morgan fingerprint density at radius 2 is 0.842 bits per heavy atom. The number of hydrogen-bond acceptors (Lipinski definition) is 2. The first-order chi connectivity index (χ1) is 9.41. The van der Waals surface area contributed by atoms with Crippen molar-refractivity contribution < 1.29 is 5.21 Å². The summed E-state index contributed by atoms with van der Waals surface area (Å²) in [6.45, 7) is 3.03. The van der Waals surface area contributed by atoms with E-state index in [-0.39, 0.29) is 0 Å². The maximum absolute atomic E-state index is 8.42. The van der Waals surface area contributed by atoms with Crippen molar-refractivity contribution in [2.24, 2.45) is 0 Å². The molecule has 0 aromatic carbocycles. The fraction of sp³-hybridized carbons (Fsp3) is 1.00. The molecule has 19 heavy (non-hydrogen) atoms.